The van der Waals surface area contributed by atoms with Crippen LogP contribution >= 0.6 is 0 Å². The highest BCUT2D eigenvalue weighted by Crippen LogP contribution is 2.27. The molecule has 0 amide bonds. The first kappa shape index (κ1) is 13.8. The normalized spacial score (nSPS) is 27.0. The van der Waals surface area contributed by atoms with Crippen molar-refractivity contribution in [2.24, 2.45) is 0 Å². The molecule has 0 radical (unpaired) electrons. The minimum atomic E-state index is -0.361. The first-order chi connectivity index (χ1) is 8.95. The Balaban J connectivity index is 2.13. The molecule has 0 saturated carbocycles. The second-order valence-corrected chi connectivity index (χ2v) is 5.33. The van der Waals surface area contributed by atoms with E-state index in [4.69, 9.17) is 4.74 Å². The van der Waals surface area contributed by atoms with E-state index >= 15 is 0 Å². The molecule has 1 aliphatic heterocycles. The summed E-state index contributed by atoms with van der Waals surface area (Å²) >= 11 is 0. The summed E-state index contributed by atoms with van der Waals surface area (Å²) in [5.74, 6) is 0. The van der Waals surface area contributed by atoms with Crippen molar-refractivity contribution in [1.29, 1.82) is 0 Å². The molecule has 5 nitrogen and oxygen atoms in total. The highest BCUT2D eigenvalue weighted by Gasteiger charge is 2.24. The fraction of sp³-hybridized carbons (Fsp3) is 0.571. The van der Waals surface area contributed by atoms with Crippen molar-refractivity contribution in [1.82, 2.24) is 0 Å². The summed E-state index contributed by atoms with van der Waals surface area (Å²) in [5.41, 5.74) is 2.00. The van der Waals surface area contributed by atoms with Crippen LogP contribution in [-0.4, -0.2) is 23.2 Å². The largest absolute Gasteiger partial charge is 0.382 e. The molecule has 0 spiro atoms. The minimum Gasteiger partial charge on any atom is -0.382 e. The molecule has 1 aromatic carbocycles. The lowest BCUT2D eigenvalue weighted by molar-refractivity contribution is -0.384. The number of anilines is 1. The van der Waals surface area contributed by atoms with Crippen LogP contribution < -0.4 is 5.32 Å². The van der Waals surface area contributed by atoms with Gasteiger partial charge < -0.3 is 10.1 Å². The van der Waals surface area contributed by atoms with E-state index < -0.39 is 0 Å². The highest BCUT2D eigenvalue weighted by atomic mass is 16.6. The van der Waals surface area contributed by atoms with Crippen molar-refractivity contribution >= 4 is 11.4 Å². The molecule has 1 saturated heterocycles. The van der Waals surface area contributed by atoms with Crippen LogP contribution in [-0.2, 0) is 4.74 Å². The van der Waals surface area contributed by atoms with E-state index in [1.807, 2.05) is 6.92 Å². The molecule has 1 N–H and O–H groups in total. The maximum absolute atomic E-state index is 10.8. The molecule has 2 atom stereocenters. The summed E-state index contributed by atoms with van der Waals surface area (Å²) in [7, 11) is 0. The Kier molecular flexibility index (Phi) is 4.04. The lowest BCUT2D eigenvalue weighted by Crippen LogP contribution is -2.37. The van der Waals surface area contributed by atoms with Gasteiger partial charge in [0.25, 0.3) is 5.69 Å². The average Bonchev–Trinajstić information content (AvgIpc) is 2.30. The van der Waals surface area contributed by atoms with Crippen molar-refractivity contribution in [3.8, 4) is 0 Å². The summed E-state index contributed by atoms with van der Waals surface area (Å²) in [4.78, 5) is 10.5. The lowest BCUT2D eigenvalue weighted by Gasteiger charge is -2.33. The number of hydrogen-bond donors (Lipinski definition) is 1. The van der Waals surface area contributed by atoms with Gasteiger partial charge in [0.15, 0.2) is 0 Å². The van der Waals surface area contributed by atoms with Gasteiger partial charge in [0.05, 0.1) is 17.1 Å². The Hall–Kier alpha value is -1.62. The highest BCUT2D eigenvalue weighted by molar-refractivity contribution is 5.57. The van der Waals surface area contributed by atoms with Crippen molar-refractivity contribution in [3.63, 3.8) is 0 Å². The molecule has 1 aliphatic rings. The van der Waals surface area contributed by atoms with E-state index in [1.54, 1.807) is 12.1 Å². The van der Waals surface area contributed by atoms with Gasteiger partial charge in [0.1, 0.15) is 0 Å². The van der Waals surface area contributed by atoms with Gasteiger partial charge in [-0.15, -0.1) is 0 Å². The van der Waals surface area contributed by atoms with E-state index in [-0.39, 0.29) is 22.8 Å². The maximum Gasteiger partial charge on any atom is 0.271 e. The van der Waals surface area contributed by atoms with Crippen LogP contribution in [0.2, 0.25) is 0 Å². The zero-order valence-corrected chi connectivity index (χ0v) is 11.6. The lowest BCUT2D eigenvalue weighted by atomic mass is 9.99. The van der Waals surface area contributed by atoms with Gasteiger partial charge in [-0.2, -0.15) is 0 Å². The van der Waals surface area contributed by atoms with Crippen molar-refractivity contribution in [3.05, 3.63) is 33.9 Å². The maximum atomic E-state index is 10.8. The second-order valence-electron chi connectivity index (χ2n) is 5.33. The third kappa shape index (κ3) is 3.44. The number of ether oxygens (including phenoxy) is 1. The van der Waals surface area contributed by atoms with E-state index in [0.29, 0.717) is 6.04 Å². The van der Waals surface area contributed by atoms with Gasteiger partial charge >= 0.3 is 0 Å². The first-order valence-corrected chi connectivity index (χ1v) is 6.62. The zero-order chi connectivity index (χ0) is 14.0. The zero-order valence-electron chi connectivity index (χ0n) is 11.6. The van der Waals surface area contributed by atoms with Gasteiger partial charge in [-0.25, -0.2) is 0 Å². The average molecular weight is 264 g/mol. The quantitative estimate of drug-likeness (QED) is 0.672. The van der Waals surface area contributed by atoms with Crippen molar-refractivity contribution in [2.45, 2.75) is 51.9 Å². The van der Waals surface area contributed by atoms with Crippen LogP contribution in [0.3, 0.4) is 0 Å². The number of rotatable bonds is 3. The number of non-ortho nitro benzene ring substituents is 1. The fourth-order valence-corrected chi connectivity index (χ4v) is 2.62. The molecular formula is C14H20N2O3. The Morgan fingerprint density at radius 3 is 2.53 bits per heavy atom. The predicted octanol–water partition coefficient (Wildman–Crippen LogP) is 3.27. The molecule has 0 aliphatic carbocycles. The molecule has 104 valence electrons. The predicted molar refractivity (Wildman–Crippen MR) is 74.5 cm³/mol. The van der Waals surface area contributed by atoms with Gasteiger partial charge in [-0.3, -0.25) is 10.1 Å². The third-order valence-electron chi connectivity index (χ3n) is 3.49. The number of hydrogen-bond acceptors (Lipinski definition) is 4. The van der Waals surface area contributed by atoms with E-state index in [0.717, 1.165) is 24.1 Å². The van der Waals surface area contributed by atoms with Crippen LogP contribution in [0.15, 0.2) is 18.2 Å². The summed E-state index contributed by atoms with van der Waals surface area (Å²) in [6.45, 7) is 6.08. The Labute approximate surface area is 113 Å². The van der Waals surface area contributed by atoms with E-state index in [2.05, 4.69) is 19.2 Å². The SMILES string of the molecule is Cc1ccc([N+](=O)[O-])cc1NC1CC(C)OC(C)C1. The van der Waals surface area contributed by atoms with Gasteiger partial charge in [-0.05, 0) is 39.2 Å². The van der Waals surface area contributed by atoms with Gasteiger partial charge in [0, 0.05) is 23.9 Å². The molecule has 5 heteroatoms. The van der Waals surface area contributed by atoms with Gasteiger partial charge in [0.2, 0.25) is 0 Å². The molecule has 2 rings (SSSR count). The molecule has 19 heavy (non-hydrogen) atoms. The van der Waals surface area contributed by atoms with Crippen LogP contribution in [0.4, 0.5) is 11.4 Å². The molecule has 0 aromatic heterocycles. The second kappa shape index (κ2) is 5.57. The van der Waals surface area contributed by atoms with Crippen LogP contribution in [0.5, 0.6) is 0 Å². The molecule has 2 unspecified atom stereocenters. The number of benzene rings is 1. The van der Waals surface area contributed by atoms with Crippen LogP contribution in [0.1, 0.15) is 32.3 Å². The fourth-order valence-electron chi connectivity index (χ4n) is 2.62. The Bertz CT molecular complexity index is 466. The Morgan fingerprint density at radius 2 is 1.95 bits per heavy atom. The summed E-state index contributed by atoms with van der Waals surface area (Å²) < 4.78 is 5.70. The Morgan fingerprint density at radius 1 is 1.32 bits per heavy atom. The standard InChI is InChI=1S/C14H20N2O3/c1-9-4-5-13(16(17)18)8-14(9)15-12-6-10(2)19-11(3)7-12/h4-5,8,10-12,15H,6-7H2,1-3H3. The van der Waals surface area contributed by atoms with Crippen molar-refractivity contribution in [2.75, 3.05) is 5.32 Å². The molecule has 0 bridgehead atoms. The van der Waals surface area contributed by atoms with Crippen LogP contribution in [0, 0.1) is 17.0 Å². The summed E-state index contributed by atoms with van der Waals surface area (Å²) in [5, 5.41) is 14.2. The number of nitro benzene ring substituents is 1. The number of nitrogens with zero attached hydrogens (tertiary/aromatic N) is 1. The number of aryl methyl sites for hydroxylation is 1. The van der Waals surface area contributed by atoms with E-state index in [1.165, 1.54) is 6.07 Å². The molecular weight excluding hydrogens is 244 g/mol. The minimum absolute atomic E-state index is 0.126. The summed E-state index contributed by atoms with van der Waals surface area (Å²) in [6, 6.07) is 5.24. The number of nitrogens with one attached hydrogen (secondary N) is 1. The third-order valence-corrected chi connectivity index (χ3v) is 3.49. The molecule has 1 heterocycles. The van der Waals surface area contributed by atoms with Gasteiger partial charge in [-0.1, -0.05) is 6.07 Å². The smallest absolute Gasteiger partial charge is 0.271 e. The molecule has 1 fully saturated rings. The first-order valence-electron chi connectivity index (χ1n) is 6.62. The topological polar surface area (TPSA) is 64.4 Å². The summed E-state index contributed by atoms with van der Waals surface area (Å²) in [6.07, 6.45) is 2.29. The monoisotopic (exact) mass is 264 g/mol. The van der Waals surface area contributed by atoms with Crippen LogP contribution in [0.25, 0.3) is 0 Å². The number of nitro groups is 1. The molecule has 1 aromatic rings. The van der Waals surface area contributed by atoms with Crippen molar-refractivity contribution < 1.29 is 9.66 Å². The van der Waals surface area contributed by atoms with E-state index in [9.17, 15) is 10.1 Å².